The second kappa shape index (κ2) is 9.47. The van der Waals surface area contributed by atoms with E-state index < -0.39 is 5.82 Å². The molecule has 0 saturated carbocycles. The van der Waals surface area contributed by atoms with Crippen LogP contribution in [0.15, 0.2) is 60.0 Å². The Labute approximate surface area is 173 Å². The lowest BCUT2D eigenvalue weighted by atomic mass is 10.2. The highest BCUT2D eigenvalue weighted by Crippen LogP contribution is 2.23. The summed E-state index contributed by atoms with van der Waals surface area (Å²) in [5.74, 6) is 0.665. The molecular weight excluding hydrogens is 393 g/mol. The number of nitrogens with zero attached hydrogens (tertiary/aromatic N) is 3. The molecule has 0 radical (unpaired) electrons. The van der Waals surface area contributed by atoms with Gasteiger partial charge in [-0.3, -0.25) is 9.36 Å². The molecule has 0 atom stereocenters. The van der Waals surface area contributed by atoms with Crippen LogP contribution in [0.25, 0.3) is 5.69 Å². The van der Waals surface area contributed by atoms with E-state index in [-0.39, 0.29) is 17.4 Å². The Morgan fingerprint density at radius 1 is 1.17 bits per heavy atom. The van der Waals surface area contributed by atoms with Crippen LogP contribution in [-0.2, 0) is 11.3 Å². The number of benzene rings is 2. The van der Waals surface area contributed by atoms with E-state index in [1.54, 1.807) is 37.4 Å². The van der Waals surface area contributed by atoms with Crippen LogP contribution >= 0.6 is 11.8 Å². The molecular formula is C21H22FN3O3S. The first-order chi connectivity index (χ1) is 14.0. The molecule has 0 unspecified atom stereocenters. The monoisotopic (exact) mass is 415 g/mol. The zero-order valence-corrected chi connectivity index (χ0v) is 17.3. The Balaban J connectivity index is 1.60. The standard InChI is InChI=1S/C21H22FN3O3S/c1-24(13-15-4-9-19(28-3)18(22)12-15)20(26)14-29-21-23-10-11-25(21)16-5-7-17(27-2)8-6-16/h4-12H,13-14H2,1-3H3. The number of imidazole rings is 1. The maximum atomic E-state index is 13.8. The highest BCUT2D eigenvalue weighted by Gasteiger charge is 2.14. The molecule has 152 valence electrons. The highest BCUT2D eigenvalue weighted by atomic mass is 32.2. The first kappa shape index (κ1) is 20.7. The summed E-state index contributed by atoms with van der Waals surface area (Å²) in [4.78, 5) is 18.4. The van der Waals surface area contributed by atoms with Gasteiger partial charge in [-0.25, -0.2) is 9.37 Å². The van der Waals surface area contributed by atoms with Crippen LogP contribution in [0, 0.1) is 5.82 Å². The van der Waals surface area contributed by atoms with Gasteiger partial charge in [0, 0.05) is 31.7 Å². The van der Waals surface area contributed by atoms with Crippen molar-refractivity contribution in [3.05, 3.63) is 66.2 Å². The average molecular weight is 415 g/mol. The lowest BCUT2D eigenvalue weighted by Crippen LogP contribution is -2.28. The largest absolute Gasteiger partial charge is 0.497 e. The van der Waals surface area contributed by atoms with E-state index in [4.69, 9.17) is 9.47 Å². The molecule has 0 bridgehead atoms. The first-order valence-corrected chi connectivity index (χ1v) is 9.87. The van der Waals surface area contributed by atoms with Crippen molar-refractivity contribution >= 4 is 17.7 Å². The fourth-order valence-electron chi connectivity index (χ4n) is 2.74. The summed E-state index contributed by atoms with van der Waals surface area (Å²) in [7, 11) is 4.73. The first-order valence-electron chi connectivity index (χ1n) is 8.88. The van der Waals surface area contributed by atoms with Gasteiger partial charge in [0.25, 0.3) is 0 Å². The predicted octanol–water partition coefficient (Wildman–Crippen LogP) is 3.78. The topological polar surface area (TPSA) is 56.6 Å². The van der Waals surface area contributed by atoms with Gasteiger partial charge in [0.05, 0.1) is 20.0 Å². The minimum absolute atomic E-state index is 0.0736. The van der Waals surface area contributed by atoms with E-state index >= 15 is 0 Å². The van der Waals surface area contributed by atoms with Gasteiger partial charge in [-0.1, -0.05) is 17.8 Å². The molecule has 6 nitrogen and oxygen atoms in total. The van der Waals surface area contributed by atoms with Gasteiger partial charge in [-0.15, -0.1) is 0 Å². The fourth-order valence-corrected chi connectivity index (χ4v) is 3.66. The molecule has 8 heteroatoms. The van der Waals surface area contributed by atoms with Gasteiger partial charge in [0.1, 0.15) is 5.75 Å². The second-order valence-corrected chi connectivity index (χ2v) is 7.23. The molecule has 0 saturated heterocycles. The number of hydrogen-bond acceptors (Lipinski definition) is 5. The number of aromatic nitrogens is 2. The number of halogens is 1. The maximum Gasteiger partial charge on any atom is 0.233 e. The Morgan fingerprint density at radius 2 is 1.93 bits per heavy atom. The van der Waals surface area contributed by atoms with Gasteiger partial charge in [-0.05, 0) is 42.0 Å². The molecule has 29 heavy (non-hydrogen) atoms. The zero-order chi connectivity index (χ0) is 20.8. The molecule has 1 aromatic heterocycles. The second-order valence-electron chi connectivity index (χ2n) is 6.29. The quantitative estimate of drug-likeness (QED) is 0.524. The van der Waals surface area contributed by atoms with Crippen LogP contribution in [0.2, 0.25) is 0 Å². The number of methoxy groups -OCH3 is 2. The number of carbonyl (C=O) groups excluding carboxylic acids is 1. The summed E-state index contributed by atoms with van der Waals surface area (Å²) in [5, 5.41) is 0.715. The van der Waals surface area contributed by atoms with Crippen molar-refractivity contribution < 1.29 is 18.7 Å². The molecule has 0 aliphatic carbocycles. The molecule has 0 aliphatic rings. The lowest BCUT2D eigenvalue weighted by molar-refractivity contribution is -0.127. The Hall–Kier alpha value is -3.00. The maximum absolute atomic E-state index is 13.8. The molecule has 0 N–H and O–H groups in total. The third kappa shape index (κ3) is 5.08. The summed E-state index contributed by atoms with van der Waals surface area (Å²) in [5.41, 5.74) is 1.63. The summed E-state index contributed by atoms with van der Waals surface area (Å²) in [6.45, 7) is 0.313. The van der Waals surface area contributed by atoms with E-state index in [9.17, 15) is 9.18 Å². The Morgan fingerprint density at radius 3 is 2.59 bits per heavy atom. The number of rotatable bonds is 8. The average Bonchev–Trinajstić information content (AvgIpc) is 3.20. The van der Waals surface area contributed by atoms with Crippen LogP contribution in [0.1, 0.15) is 5.56 Å². The number of hydrogen-bond donors (Lipinski definition) is 0. The molecule has 1 heterocycles. The third-order valence-electron chi connectivity index (χ3n) is 4.34. The van der Waals surface area contributed by atoms with E-state index in [0.717, 1.165) is 11.4 Å². The van der Waals surface area contributed by atoms with Crippen LogP contribution in [-0.4, -0.2) is 47.4 Å². The molecule has 2 aromatic carbocycles. The summed E-state index contributed by atoms with van der Waals surface area (Å²) in [6.07, 6.45) is 3.54. The van der Waals surface area contributed by atoms with E-state index in [2.05, 4.69) is 4.98 Å². The normalized spacial score (nSPS) is 10.6. The van der Waals surface area contributed by atoms with Crippen molar-refractivity contribution in [2.45, 2.75) is 11.7 Å². The van der Waals surface area contributed by atoms with Crippen molar-refractivity contribution in [1.82, 2.24) is 14.5 Å². The minimum atomic E-state index is -0.443. The van der Waals surface area contributed by atoms with Crippen LogP contribution in [0.4, 0.5) is 4.39 Å². The van der Waals surface area contributed by atoms with Crippen molar-refractivity contribution in [2.75, 3.05) is 27.0 Å². The third-order valence-corrected chi connectivity index (χ3v) is 5.30. The van der Waals surface area contributed by atoms with E-state index in [1.807, 2.05) is 35.0 Å². The van der Waals surface area contributed by atoms with Gasteiger partial charge < -0.3 is 14.4 Å². The predicted molar refractivity (Wildman–Crippen MR) is 110 cm³/mol. The molecule has 0 spiro atoms. The Kier molecular flexibility index (Phi) is 6.77. The molecule has 0 fully saturated rings. The van der Waals surface area contributed by atoms with E-state index in [1.165, 1.54) is 24.9 Å². The fraction of sp³-hybridized carbons (Fsp3) is 0.238. The number of ether oxygens (including phenoxy) is 2. The van der Waals surface area contributed by atoms with Crippen molar-refractivity contribution in [2.24, 2.45) is 0 Å². The van der Waals surface area contributed by atoms with Gasteiger partial charge in [0.2, 0.25) is 5.91 Å². The van der Waals surface area contributed by atoms with Gasteiger partial charge in [0.15, 0.2) is 16.7 Å². The highest BCUT2D eigenvalue weighted by molar-refractivity contribution is 7.99. The SMILES string of the molecule is COc1ccc(-n2ccnc2SCC(=O)N(C)Cc2ccc(OC)c(F)c2)cc1. The zero-order valence-electron chi connectivity index (χ0n) is 16.5. The number of thioether (sulfide) groups is 1. The number of amides is 1. The number of carbonyl (C=O) groups is 1. The van der Waals surface area contributed by atoms with Gasteiger partial charge in [-0.2, -0.15) is 0 Å². The summed E-state index contributed by atoms with van der Waals surface area (Å²) in [6, 6.07) is 12.3. The lowest BCUT2D eigenvalue weighted by Gasteiger charge is -2.17. The molecule has 3 aromatic rings. The van der Waals surface area contributed by atoms with Crippen molar-refractivity contribution in [1.29, 1.82) is 0 Å². The summed E-state index contributed by atoms with van der Waals surface area (Å²) < 4.78 is 25.8. The van der Waals surface area contributed by atoms with Gasteiger partial charge >= 0.3 is 0 Å². The summed E-state index contributed by atoms with van der Waals surface area (Å²) >= 11 is 1.35. The minimum Gasteiger partial charge on any atom is -0.497 e. The Bertz CT molecular complexity index is 976. The van der Waals surface area contributed by atoms with Crippen molar-refractivity contribution in [3.63, 3.8) is 0 Å². The van der Waals surface area contributed by atoms with Crippen LogP contribution in [0.3, 0.4) is 0 Å². The van der Waals surface area contributed by atoms with Crippen LogP contribution in [0.5, 0.6) is 11.5 Å². The molecule has 0 aliphatic heterocycles. The van der Waals surface area contributed by atoms with E-state index in [0.29, 0.717) is 17.3 Å². The smallest absolute Gasteiger partial charge is 0.233 e. The molecule has 3 rings (SSSR count). The van der Waals surface area contributed by atoms with Crippen LogP contribution < -0.4 is 9.47 Å². The van der Waals surface area contributed by atoms with Crippen molar-refractivity contribution in [3.8, 4) is 17.2 Å². The molecule has 1 amide bonds.